The summed E-state index contributed by atoms with van der Waals surface area (Å²) in [5.41, 5.74) is 8.54. The van der Waals surface area contributed by atoms with Gasteiger partial charge in [-0.2, -0.15) is 0 Å². The van der Waals surface area contributed by atoms with Crippen molar-refractivity contribution in [3.63, 3.8) is 0 Å². The van der Waals surface area contributed by atoms with Gasteiger partial charge in [-0.3, -0.25) is 0 Å². The molecule has 0 saturated carbocycles. The van der Waals surface area contributed by atoms with Crippen LogP contribution >= 0.6 is 23.4 Å². The zero-order valence-corrected chi connectivity index (χ0v) is 13.5. The van der Waals surface area contributed by atoms with E-state index in [2.05, 4.69) is 44.2 Å². The maximum atomic E-state index is 6.37. The van der Waals surface area contributed by atoms with Crippen LogP contribution in [0, 0.1) is 6.92 Å². The topological polar surface area (TPSA) is 26.0 Å². The Morgan fingerprint density at radius 2 is 1.80 bits per heavy atom. The summed E-state index contributed by atoms with van der Waals surface area (Å²) in [7, 11) is 0. The predicted octanol–water partition coefficient (Wildman–Crippen LogP) is 5.08. The lowest BCUT2D eigenvalue weighted by Gasteiger charge is -2.15. The van der Waals surface area contributed by atoms with Gasteiger partial charge in [-0.25, -0.2) is 0 Å². The minimum Gasteiger partial charge on any atom is -0.327 e. The highest BCUT2D eigenvalue weighted by Crippen LogP contribution is 2.35. The Labute approximate surface area is 130 Å². The van der Waals surface area contributed by atoms with Crippen LogP contribution in [-0.2, 0) is 6.42 Å². The van der Waals surface area contributed by atoms with E-state index >= 15 is 0 Å². The molecule has 0 fully saturated rings. The molecule has 0 amide bonds. The van der Waals surface area contributed by atoms with Gasteiger partial charge in [-0.15, -0.1) is 0 Å². The van der Waals surface area contributed by atoms with Gasteiger partial charge in [0.2, 0.25) is 0 Å². The second-order valence-corrected chi connectivity index (χ2v) is 6.45. The maximum absolute atomic E-state index is 6.37. The van der Waals surface area contributed by atoms with Crippen LogP contribution in [0.25, 0.3) is 0 Å². The van der Waals surface area contributed by atoms with Gasteiger partial charge in [0.05, 0.1) is 0 Å². The van der Waals surface area contributed by atoms with Crippen molar-refractivity contribution in [1.82, 2.24) is 0 Å². The van der Waals surface area contributed by atoms with Crippen molar-refractivity contribution >= 4 is 23.4 Å². The van der Waals surface area contributed by atoms with E-state index in [0.717, 1.165) is 23.4 Å². The molecule has 2 aromatic carbocycles. The Morgan fingerprint density at radius 3 is 2.50 bits per heavy atom. The monoisotopic (exact) mass is 305 g/mol. The molecule has 0 saturated heterocycles. The Kier molecular flexibility index (Phi) is 5.53. The molecule has 0 heterocycles. The number of nitrogens with two attached hydrogens (primary N) is 1. The molecule has 0 aliphatic carbocycles. The molecule has 2 rings (SSSR count). The van der Waals surface area contributed by atoms with Gasteiger partial charge in [0.1, 0.15) is 0 Å². The van der Waals surface area contributed by atoms with Gasteiger partial charge in [-0.05, 0) is 49.1 Å². The third-order valence-electron chi connectivity index (χ3n) is 3.38. The summed E-state index contributed by atoms with van der Waals surface area (Å²) in [5.74, 6) is 0. The number of benzene rings is 2. The molecular weight excluding hydrogens is 286 g/mol. The molecule has 1 unspecified atom stereocenters. The number of aryl methyl sites for hydroxylation is 1. The highest BCUT2D eigenvalue weighted by atomic mass is 35.5. The SMILES string of the molecule is CCC(N)Cc1c(Cl)cccc1Sc1ccccc1C. The van der Waals surface area contributed by atoms with Gasteiger partial charge >= 0.3 is 0 Å². The minimum absolute atomic E-state index is 0.158. The Bertz CT molecular complexity index is 583. The molecule has 0 bridgehead atoms. The van der Waals surface area contributed by atoms with Gasteiger partial charge in [0, 0.05) is 20.9 Å². The molecule has 106 valence electrons. The molecule has 0 radical (unpaired) electrons. The number of halogens is 1. The highest BCUT2D eigenvalue weighted by Gasteiger charge is 2.12. The lowest BCUT2D eigenvalue weighted by atomic mass is 10.0. The van der Waals surface area contributed by atoms with Gasteiger partial charge in [-0.1, -0.05) is 54.6 Å². The first-order valence-corrected chi connectivity index (χ1v) is 8.07. The third-order valence-corrected chi connectivity index (χ3v) is 5.01. The van der Waals surface area contributed by atoms with Crippen molar-refractivity contribution in [2.24, 2.45) is 5.73 Å². The Hall–Kier alpha value is -0.960. The molecule has 20 heavy (non-hydrogen) atoms. The van der Waals surface area contributed by atoms with Crippen LogP contribution in [0.4, 0.5) is 0 Å². The van der Waals surface area contributed by atoms with E-state index in [0.29, 0.717) is 0 Å². The summed E-state index contributed by atoms with van der Waals surface area (Å²) in [5, 5.41) is 0.812. The third kappa shape index (κ3) is 3.78. The number of hydrogen-bond donors (Lipinski definition) is 1. The minimum atomic E-state index is 0.158. The molecule has 0 aromatic heterocycles. The van der Waals surface area contributed by atoms with Crippen LogP contribution in [-0.4, -0.2) is 6.04 Å². The molecular formula is C17H20ClNS. The summed E-state index contributed by atoms with van der Waals surface area (Å²) in [4.78, 5) is 2.47. The maximum Gasteiger partial charge on any atom is 0.0449 e. The normalized spacial score (nSPS) is 12.4. The lowest BCUT2D eigenvalue weighted by molar-refractivity contribution is 0.641. The van der Waals surface area contributed by atoms with E-state index in [1.54, 1.807) is 11.8 Å². The summed E-state index contributed by atoms with van der Waals surface area (Å²) >= 11 is 8.14. The fourth-order valence-corrected chi connectivity index (χ4v) is 3.41. The van der Waals surface area contributed by atoms with Crippen LogP contribution in [0.15, 0.2) is 52.3 Å². The van der Waals surface area contributed by atoms with Crippen LogP contribution in [0.5, 0.6) is 0 Å². The summed E-state index contributed by atoms with van der Waals surface area (Å²) < 4.78 is 0. The smallest absolute Gasteiger partial charge is 0.0449 e. The number of rotatable bonds is 5. The fourth-order valence-electron chi connectivity index (χ4n) is 2.03. The van der Waals surface area contributed by atoms with Crippen LogP contribution in [0.1, 0.15) is 24.5 Å². The van der Waals surface area contributed by atoms with Crippen LogP contribution in [0.2, 0.25) is 5.02 Å². The average Bonchev–Trinajstić information content (AvgIpc) is 2.44. The molecule has 0 spiro atoms. The van der Waals surface area contributed by atoms with E-state index in [1.165, 1.54) is 15.4 Å². The Morgan fingerprint density at radius 1 is 1.10 bits per heavy atom. The molecule has 0 aliphatic heterocycles. The molecule has 2 N–H and O–H groups in total. The van der Waals surface area contributed by atoms with Crippen molar-refractivity contribution < 1.29 is 0 Å². The van der Waals surface area contributed by atoms with E-state index in [9.17, 15) is 0 Å². The van der Waals surface area contributed by atoms with E-state index in [1.807, 2.05) is 12.1 Å². The van der Waals surface area contributed by atoms with E-state index in [4.69, 9.17) is 17.3 Å². The zero-order chi connectivity index (χ0) is 14.5. The van der Waals surface area contributed by atoms with Crippen molar-refractivity contribution in [2.45, 2.75) is 42.5 Å². The first-order valence-electron chi connectivity index (χ1n) is 6.88. The highest BCUT2D eigenvalue weighted by molar-refractivity contribution is 7.99. The zero-order valence-electron chi connectivity index (χ0n) is 11.9. The van der Waals surface area contributed by atoms with Crippen molar-refractivity contribution in [1.29, 1.82) is 0 Å². The van der Waals surface area contributed by atoms with Gasteiger partial charge in [0.15, 0.2) is 0 Å². The van der Waals surface area contributed by atoms with Crippen LogP contribution in [0.3, 0.4) is 0 Å². The second-order valence-electron chi connectivity index (χ2n) is 4.96. The summed E-state index contributed by atoms with van der Waals surface area (Å²) in [6.07, 6.45) is 1.78. The first kappa shape index (κ1) is 15.4. The lowest BCUT2D eigenvalue weighted by Crippen LogP contribution is -2.21. The summed E-state index contributed by atoms with van der Waals surface area (Å²) in [6.45, 7) is 4.24. The molecule has 1 atom stereocenters. The Balaban J connectivity index is 2.32. The number of hydrogen-bond acceptors (Lipinski definition) is 2. The van der Waals surface area contributed by atoms with E-state index in [-0.39, 0.29) is 6.04 Å². The van der Waals surface area contributed by atoms with Crippen molar-refractivity contribution in [2.75, 3.05) is 0 Å². The quantitative estimate of drug-likeness (QED) is 0.833. The van der Waals surface area contributed by atoms with Gasteiger partial charge in [0.25, 0.3) is 0 Å². The molecule has 0 aliphatic rings. The fraction of sp³-hybridized carbons (Fsp3) is 0.294. The largest absolute Gasteiger partial charge is 0.327 e. The van der Waals surface area contributed by atoms with E-state index < -0.39 is 0 Å². The average molecular weight is 306 g/mol. The van der Waals surface area contributed by atoms with Gasteiger partial charge < -0.3 is 5.73 Å². The second kappa shape index (κ2) is 7.16. The van der Waals surface area contributed by atoms with Crippen molar-refractivity contribution in [3.05, 3.63) is 58.6 Å². The first-order chi connectivity index (χ1) is 9.61. The molecule has 3 heteroatoms. The molecule has 2 aromatic rings. The summed E-state index contributed by atoms with van der Waals surface area (Å²) in [6, 6.07) is 14.6. The molecule has 1 nitrogen and oxygen atoms in total. The van der Waals surface area contributed by atoms with Crippen molar-refractivity contribution in [3.8, 4) is 0 Å². The predicted molar refractivity (Wildman–Crippen MR) is 88.7 cm³/mol. The van der Waals surface area contributed by atoms with Crippen LogP contribution < -0.4 is 5.73 Å². The standard InChI is InChI=1S/C17H20ClNS/c1-3-13(19)11-14-15(18)8-6-10-17(14)20-16-9-5-4-7-12(16)2/h4-10,13H,3,11,19H2,1-2H3.